The van der Waals surface area contributed by atoms with Crippen LogP contribution >= 0.6 is 0 Å². The topological polar surface area (TPSA) is 49.8 Å². The quantitative estimate of drug-likeness (QED) is 0.780. The van der Waals surface area contributed by atoms with Crippen LogP contribution < -0.4 is 5.73 Å². The maximum atomic E-state index is 12.5. The molecule has 0 heterocycles. The molecule has 0 aliphatic carbocycles. The number of nitrogens with two attached hydrogens (primary N) is 1. The van der Waals surface area contributed by atoms with Crippen molar-refractivity contribution in [3.8, 4) is 6.07 Å². The first-order chi connectivity index (χ1) is 6.90. The summed E-state index contributed by atoms with van der Waals surface area (Å²) in [4.78, 5) is 0. The summed E-state index contributed by atoms with van der Waals surface area (Å²) in [7, 11) is 0. The molecule has 0 bridgehead atoms. The lowest BCUT2D eigenvalue weighted by Gasteiger charge is -2.13. The van der Waals surface area contributed by atoms with Crippen LogP contribution in [0.1, 0.15) is 22.3 Å². The summed E-state index contributed by atoms with van der Waals surface area (Å²) in [5.74, 6) is 0. The molecule has 2 nitrogen and oxygen atoms in total. The zero-order valence-corrected chi connectivity index (χ0v) is 8.02. The number of nitriles is 1. The van der Waals surface area contributed by atoms with Gasteiger partial charge in [-0.15, -0.1) is 0 Å². The van der Waals surface area contributed by atoms with Gasteiger partial charge in [0.05, 0.1) is 17.2 Å². The number of hydrogen-bond acceptors (Lipinski definition) is 2. The van der Waals surface area contributed by atoms with Gasteiger partial charge in [0.15, 0.2) is 0 Å². The molecule has 0 fully saturated rings. The summed E-state index contributed by atoms with van der Waals surface area (Å²) >= 11 is 0. The second-order valence-electron chi connectivity index (χ2n) is 3.12. The Labute approximate surface area is 85.1 Å². The van der Waals surface area contributed by atoms with Crippen molar-refractivity contribution in [3.05, 3.63) is 34.4 Å². The highest BCUT2D eigenvalue weighted by Gasteiger charge is 2.33. The molecule has 2 N–H and O–H groups in total. The van der Waals surface area contributed by atoms with Crippen molar-refractivity contribution in [2.45, 2.75) is 19.6 Å². The lowest BCUT2D eigenvalue weighted by atomic mass is 9.99. The minimum absolute atomic E-state index is 0.00949. The van der Waals surface area contributed by atoms with E-state index < -0.39 is 11.7 Å². The molecular formula is C10H9F3N2. The zero-order chi connectivity index (χ0) is 11.6. The first kappa shape index (κ1) is 11.5. The van der Waals surface area contributed by atoms with E-state index in [-0.39, 0.29) is 17.7 Å². The molecule has 0 spiro atoms. The van der Waals surface area contributed by atoms with E-state index >= 15 is 0 Å². The lowest BCUT2D eigenvalue weighted by Crippen LogP contribution is -2.11. The standard InChI is InChI=1S/C10H9F3N2/c1-6-8(5-15)2-7(4-14)3-9(6)10(11,12)13/h2-3H,5,15H2,1H3. The maximum Gasteiger partial charge on any atom is 0.416 e. The molecule has 1 aromatic carbocycles. The van der Waals surface area contributed by atoms with Crippen LogP contribution in [0.5, 0.6) is 0 Å². The second kappa shape index (κ2) is 3.91. The highest BCUT2D eigenvalue weighted by molar-refractivity contribution is 5.44. The van der Waals surface area contributed by atoms with Gasteiger partial charge < -0.3 is 5.73 Å². The van der Waals surface area contributed by atoms with E-state index in [2.05, 4.69) is 0 Å². The summed E-state index contributed by atoms with van der Waals surface area (Å²) in [5.41, 5.74) is 4.94. The number of nitrogens with zero attached hydrogens (tertiary/aromatic N) is 1. The Morgan fingerprint density at radius 3 is 2.40 bits per heavy atom. The normalized spacial score (nSPS) is 11.2. The minimum atomic E-state index is -4.44. The van der Waals surface area contributed by atoms with E-state index in [0.29, 0.717) is 5.56 Å². The Kier molecular flexibility index (Phi) is 3.01. The van der Waals surface area contributed by atoms with Gasteiger partial charge in [-0.2, -0.15) is 18.4 Å². The smallest absolute Gasteiger partial charge is 0.326 e. The predicted octanol–water partition coefficient (Wildman–Crippen LogP) is 2.34. The van der Waals surface area contributed by atoms with Crippen LogP contribution in [0.2, 0.25) is 0 Å². The van der Waals surface area contributed by atoms with Crippen LogP contribution in [0, 0.1) is 18.3 Å². The number of benzene rings is 1. The molecule has 15 heavy (non-hydrogen) atoms. The van der Waals surface area contributed by atoms with Gasteiger partial charge in [0, 0.05) is 6.54 Å². The number of alkyl halides is 3. The second-order valence-corrected chi connectivity index (χ2v) is 3.12. The molecule has 5 heteroatoms. The van der Waals surface area contributed by atoms with Gasteiger partial charge in [0.25, 0.3) is 0 Å². The summed E-state index contributed by atoms with van der Waals surface area (Å²) in [6.07, 6.45) is -4.44. The van der Waals surface area contributed by atoms with Crippen LogP contribution in [0.4, 0.5) is 13.2 Å². The van der Waals surface area contributed by atoms with Gasteiger partial charge >= 0.3 is 6.18 Å². The predicted molar refractivity (Wildman–Crippen MR) is 48.8 cm³/mol. The summed E-state index contributed by atoms with van der Waals surface area (Å²) < 4.78 is 37.6. The van der Waals surface area contributed by atoms with Gasteiger partial charge in [0.1, 0.15) is 0 Å². The van der Waals surface area contributed by atoms with Crippen molar-refractivity contribution in [1.82, 2.24) is 0 Å². The number of rotatable bonds is 1. The molecule has 0 unspecified atom stereocenters. The first-order valence-corrected chi connectivity index (χ1v) is 4.21. The van der Waals surface area contributed by atoms with Gasteiger partial charge in [-0.3, -0.25) is 0 Å². The Bertz CT molecular complexity index is 416. The van der Waals surface area contributed by atoms with E-state index in [4.69, 9.17) is 11.0 Å². The van der Waals surface area contributed by atoms with Gasteiger partial charge in [-0.05, 0) is 30.2 Å². The average molecular weight is 214 g/mol. The van der Waals surface area contributed by atoms with Crippen molar-refractivity contribution < 1.29 is 13.2 Å². The number of hydrogen-bond donors (Lipinski definition) is 1. The molecule has 0 saturated heterocycles. The van der Waals surface area contributed by atoms with Gasteiger partial charge in [0.2, 0.25) is 0 Å². The fraction of sp³-hybridized carbons (Fsp3) is 0.300. The molecule has 0 aromatic heterocycles. The Morgan fingerprint density at radius 2 is 2.00 bits per heavy atom. The fourth-order valence-corrected chi connectivity index (χ4v) is 1.35. The van der Waals surface area contributed by atoms with Crippen molar-refractivity contribution in [3.63, 3.8) is 0 Å². The Hall–Kier alpha value is -1.54. The van der Waals surface area contributed by atoms with E-state index in [1.165, 1.54) is 13.0 Å². The van der Waals surface area contributed by atoms with Crippen LogP contribution in [-0.4, -0.2) is 0 Å². The van der Waals surface area contributed by atoms with E-state index in [0.717, 1.165) is 6.07 Å². The largest absolute Gasteiger partial charge is 0.416 e. The fourth-order valence-electron chi connectivity index (χ4n) is 1.35. The van der Waals surface area contributed by atoms with Crippen molar-refractivity contribution in [2.75, 3.05) is 0 Å². The minimum Gasteiger partial charge on any atom is -0.326 e. The zero-order valence-electron chi connectivity index (χ0n) is 8.02. The molecular weight excluding hydrogens is 205 g/mol. The lowest BCUT2D eigenvalue weighted by molar-refractivity contribution is -0.138. The van der Waals surface area contributed by atoms with Crippen LogP contribution in [0.3, 0.4) is 0 Å². The highest BCUT2D eigenvalue weighted by Crippen LogP contribution is 2.33. The molecule has 0 aliphatic heterocycles. The van der Waals surface area contributed by atoms with E-state index in [1.54, 1.807) is 6.07 Å². The summed E-state index contributed by atoms with van der Waals surface area (Å²) in [6, 6.07) is 3.91. The number of halogens is 3. The molecule has 0 atom stereocenters. The molecule has 0 amide bonds. The van der Waals surface area contributed by atoms with Crippen molar-refractivity contribution in [1.29, 1.82) is 5.26 Å². The molecule has 0 saturated carbocycles. The molecule has 1 rings (SSSR count). The molecule has 0 radical (unpaired) electrons. The highest BCUT2D eigenvalue weighted by atomic mass is 19.4. The van der Waals surface area contributed by atoms with E-state index in [1.807, 2.05) is 0 Å². The third kappa shape index (κ3) is 2.28. The first-order valence-electron chi connectivity index (χ1n) is 4.21. The van der Waals surface area contributed by atoms with E-state index in [9.17, 15) is 13.2 Å². The summed E-state index contributed by atoms with van der Waals surface area (Å²) in [5, 5.41) is 8.58. The monoisotopic (exact) mass is 214 g/mol. The third-order valence-corrected chi connectivity index (χ3v) is 2.17. The van der Waals surface area contributed by atoms with Crippen LogP contribution in [0.25, 0.3) is 0 Å². The molecule has 80 valence electrons. The Morgan fingerprint density at radius 1 is 1.40 bits per heavy atom. The van der Waals surface area contributed by atoms with Crippen molar-refractivity contribution >= 4 is 0 Å². The summed E-state index contributed by atoms with van der Waals surface area (Å²) in [6.45, 7) is 1.34. The van der Waals surface area contributed by atoms with Crippen LogP contribution in [0.15, 0.2) is 12.1 Å². The van der Waals surface area contributed by atoms with Gasteiger partial charge in [-0.1, -0.05) is 0 Å². The maximum absolute atomic E-state index is 12.5. The third-order valence-electron chi connectivity index (χ3n) is 2.17. The molecule has 1 aromatic rings. The van der Waals surface area contributed by atoms with Crippen molar-refractivity contribution in [2.24, 2.45) is 5.73 Å². The Balaban J connectivity index is 3.46. The van der Waals surface area contributed by atoms with Crippen LogP contribution in [-0.2, 0) is 12.7 Å². The average Bonchev–Trinajstić information content (AvgIpc) is 2.16. The van der Waals surface area contributed by atoms with Gasteiger partial charge in [-0.25, -0.2) is 0 Å². The SMILES string of the molecule is Cc1c(CN)cc(C#N)cc1C(F)(F)F. The molecule has 0 aliphatic rings.